The molecule has 0 unspecified atom stereocenters. The van der Waals surface area contributed by atoms with Gasteiger partial charge in [-0.25, -0.2) is 4.98 Å². The maximum Gasteiger partial charge on any atom is 0.277 e. The minimum Gasteiger partial charge on any atom is -0.321 e. The predicted molar refractivity (Wildman–Crippen MR) is 123 cm³/mol. The summed E-state index contributed by atoms with van der Waals surface area (Å²) in [6, 6.07) is 17.2. The highest BCUT2D eigenvalue weighted by molar-refractivity contribution is 9.10. The maximum atomic E-state index is 13.0. The Hall–Kier alpha value is -2.97. The Morgan fingerprint density at radius 2 is 1.83 bits per heavy atom. The van der Waals surface area contributed by atoms with Crippen LogP contribution < -0.4 is 10.9 Å². The Morgan fingerprint density at radius 1 is 1.13 bits per heavy atom. The lowest BCUT2D eigenvalue weighted by Gasteiger charge is -2.03. The van der Waals surface area contributed by atoms with Gasteiger partial charge in [0.2, 0.25) is 5.13 Å². The van der Waals surface area contributed by atoms with E-state index in [2.05, 4.69) is 31.3 Å². The van der Waals surface area contributed by atoms with E-state index in [1.807, 2.05) is 61.5 Å². The Kier molecular flexibility index (Phi) is 5.69. The van der Waals surface area contributed by atoms with Gasteiger partial charge < -0.3 is 5.32 Å². The smallest absolute Gasteiger partial charge is 0.277 e. The molecule has 0 bridgehead atoms. The number of hydrogen-bond donors (Lipinski definition) is 2. The quantitative estimate of drug-likeness (QED) is 0.426. The number of amides is 1. The monoisotopic (exact) mass is 482 g/mol. The second-order valence-electron chi connectivity index (χ2n) is 6.89. The second kappa shape index (κ2) is 8.41. The van der Waals surface area contributed by atoms with Crippen LogP contribution in [-0.2, 0) is 6.42 Å². The van der Waals surface area contributed by atoms with Gasteiger partial charge in [0.05, 0.1) is 5.69 Å². The SMILES string of the molecule is Cc1nc(-n2[nH]c(C)c(Cc3ccccc3)c2=O)sc1C(=O)Nc1ccc(Br)cc1. The van der Waals surface area contributed by atoms with Crippen LogP contribution in [-0.4, -0.2) is 20.7 Å². The lowest BCUT2D eigenvalue weighted by Crippen LogP contribution is -2.17. The normalized spacial score (nSPS) is 10.9. The first-order valence-electron chi connectivity index (χ1n) is 9.31. The van der Waals surface area contributed by atoms with Crippen LogP contribution in [0.5, 0.6) is 0 Å². The van der Waals surface area contributed by atoms with Crippen LogP contribution in [0.15, 0.2) is 63.9 Å². The summed E-state index contributed by atoms with van der Waals surface area (Å²) in [6.45, 7) is 3.64. The van der Waals surface area contributed by atoms with E-state index in [0.29, 0.717) is 33.4 Å². The standard InChI is InChI=1S/C22H19BrN4O2S/c1-13-18(12-15-6-4-3-5-7-15)21(29)27(26-13)22-24-14(2)19(30-22)20(28)25-17-10-8-16(23)9-11-17/h3-11,26H,12H2,1-2H3,(H,25,28). The van der Waals surface area contributed by atoms with Gasteiger partial charge >= 0.3 is 0 Å². The third-order valence-electron chi connectivity index (χ3n) is 4.70. The number of nitrogens with zero attached hydrogens (tertiary/aromatic N) is 2. The van der Waals surface area contributed by atoms with Crippen molar-refractivity contribution >= 4 is 38.9 Å². The molecular formula is C22H19BrN4O2S. The summed E-state index contributed by atoms with van der Waals surface area (Å²) < 4.78 is 2.35. The number of aromatic nitrogens is 3. The Bertz CT molecular complexity index is 1260. The third kappa shape index (κ3) is 4.15. The molecule has 0 aliphatic rings. The Morgan fingerprint density at radius 3 is 2.53 bits per heavy atom. The molecule has 2 N–H and O–H groups in total. The van der Waals surface area contributed by atoms with Gasteiger partial charge in [-0.1, -0.05) is 57.6 Å². The minimum absolute atomic E-state index is 0.148. The first-order valence-corrected chi connectivity index (χ1v) is 10.9. The lowest BCUT2D eigenvalue weighted by molar-refractivity contribution is 0.103. The van der Waals surface area contributed by atoms with Crippen LogP contribution in [0.3, 0.4) is 0 Å². The van der Waals surface area contributed by atoms with Crippen molar-refractivity contribution in [2.24, 2.45) is 0 Å². The molecule has 152 valence electrons. The average Bonchev–Trinajstić information content (AvgIpc) is 3.25. The number of aromatic amines is 1. The highest BCUT2D eigenvalue weighted by Crippen LogP contribution is 2.23. The number of rotatable bonds is 5. The molecule has 0 spiro atoms. The van der Waals surface area contributed by atoms with Gasteiger partial charge in [0.15, 0.2) is 0 Å². The molecule has 30 heavy (non-hydrogen) atoms. The summed E-state index contributed by atoms with van der Waals surface area (Å²) in [5, 5.41) is 6.41. The minimum atomic E-state index is -0.251. The van der Waals surface area contributed by atoms with Gasteiger partial charge in [-0.05, 0) is 43.7 Å². The van der Waals surface area contributed by atoms with Crippen LogP contribution in [0.25, 0.3) is 5.13 Å². The van der Waals surface area contributed by atoms with Gasteiger partial charge in [-0.15, -0.1) is 0 Å². The number of H-pyrrole nitrogens is 1. The van der Waals surface area contributed by atoms with Gasteiger partial charge in [0, 0.05) is 27.8 Å². The number of carbonyl (C=O) groups excluding carboxylic acids is 1. The van der Waals surface area contributed by atoms with E-state index in [1.165, 1.54) is 16.0 Å². The van der Waals surface area contributed by atoms with Gasteiger partial charge in [0.1, 0.15) is 4.88 Å². The van der Waals surface area contributed by atoms with Crippen molar-refractivity contribution < 1.29 is 4.79 Å². The molecule has 0 aliphatic heterocycles. The van der Waals surface area contributed by atoms with Gasteiger partial charge in [-0.3, -0.25) is 14.7 Å². The number of anilines is 1. The first kappa shape index (κ1) is 20.3. The fourth-order valence-electron chi connectivity index (χ4n) is 3.13. The molecule has 0 saturated heterocycles. The number of hydrogen-bond acceptors (Lipinski definition) is 4. The zero-order valence-electron chi connectivity index (χ0n) is 16.4. The van der Waals surface area contributed by atoms with Crippen LogP contribution in [0.4, 0.5) is 5.69 Å². The van der Waals surface area contributed by atoms with Crippen molar-refractivity contribution in [2.45, 2.75) is 20.3 Å². The van der Waals surface area contributed by atoms with Gasteiger partial charge in [-0.2, -0.15) is 4.68 Å². The number of benzene rings is 2. The number of aryl methyl sites for hydroxylation is 2. The van der Waals surface area contributed by atoms with Crippen molar-refractivity contribution in [1.29, 1.82) is 0 Å². The number of carbonyl (C=O) groups is 1. The summed E-state index contributed by atoms with van der Waals surface area (Å²) in [4.78, 5) is 30.6. The van der Waals surface area contributed by atoms with E-state index in [1.54, 1.807) is 6.92 Å². The molecule has 0 fully saturated rings. The van der Waals surface area contributed by atoms with Crippen molar-refractivity contribution in [3.63, 3.8) is 0 Å². The second-order valence-corrected chi connectivity index (χ2v) is 8.78. The molecular weight excluding hydrogens is 464 g/mol. The van der Waals surface area contributed by atoms with E-state index in [0.717, 1.165) is 15.7 Å². The lowest BCUT2D eigenvalue weighted by atomic mass is 10.1. The largest absolute Gasteiger partial charge is 0.321 e. The van der Waals surface area contributed by atoms with E-state index >= 15 is 0 Å². The summed E-state index contributed by atoms with van der Waals surface area (Å²) >= 11 is 4.56. The molecule has 2 aromatic carbocycles. The van der Waals surface area contributed by atoms with Crippen molar-refractivity contribution in [3.8, 4) is 5.13 Å². The summed E-state index contributed by atoms with van der Waals surface area (Å²) in [6.07, 6.45) is 0.538. The van der Waals surface area contributed by atoms with Crippen LogP contribution in [0.2, 0.25) is 0 Å². The molecule has 6 nitrogen and oxygen atoms in total. The Balaban J connectivity index is 1.61. The molecule has 2 heterocycles. The third-order valence-corrected chi connectivity index (χ3v) is 6.37. The maximum absolute atomic E-state index is 13.0. The molecule has 2 aromatic heterocycles. The summed E-state index contributed by atoms with van der Waals surface area (Å²) in [7, 11) is 0. The molecule has 0 aliphatic carbocycles. The fraction of sp³-hybridized carbons (Fsp3) is 0.136. The zero-order chi connectivity index (χ0) is 21.3. The summed E-state index contributed by atoms with van der Waals surface area (Å²) in [5.41, 5.74) is 3.66. The number of thiazole rings is 1. The Labute approximate surface area is 185 Å². The molecule has 1 amide bonds. The molecule has 4 aromatic rings. The van der Waals surface area contributed by atoms with Crippen molar-refractivity contribution in [3.05, 3.63) is 96.8 Å². The topological polar surface area (TPSA) is 79.8 Å². The molecule has 0 radical (unpaired) electrons. The summed E-state index contributed by atoms with van der Waals surface area (Å²) in [5.74, 6) is -0.251. The predicted octanol–water partition coefficient (Wildman–Crippen LogP) is 4.84. The van der Waals surface area contributed by atoms with Crippen molar-refractivity contribution in [1.82, 2.24) is 14.8 Å². The molecule has 8 heteroatoms. The molecule has 4 rings (SSSR count). The number of halogens is 1. The van der Waals surface area contributed by atoms with Crippen LogP contribution >= 0.6 is 27.3 Å². The average molecular weight is 483 g/mol. The van der Waals surface area contributed by atoms with E-state index in [-0.39, 0.29) is 11.5 Å². The van der Waals surface area contributed by atoms with Gasteiger partial charge in [0.25, 0.3) is 11.5 Å². The molecule has 0 saturated carbocycles. The zero-order valence-corrected chi connectivity index (χ0v) is 18.8. The van der Waals surface area contributed by atoms with E-state index in [9.17, 15) is 9.59 Å². The van der Waals surface area contributed by atoms with E-state index < -0.39 is 0 Å². The highest BCUT2D eigenvalue weighted by Gasteiger charge is 2.20. The first-order chi connectivity index (χ1) is 14.4. The highest BCUT2D eigenvalue weighted by atomic mass is 79.9. The molecule has 0 atom stereocenters. The van der Waals surface area contributed by atoms with Crippen molar-refractivity contribution in [2.75, 3.05) is 5.32 Å². The number of nitrogens with one attached hydrogen (secondary N) is 2. The van der Waals surface area contributed by atoms with E-state index in [4.69, 9.17) is 0 Å². The van der Waals surface area contributed by atoms with Crippen LogP contribution in [0, 0.1) is 13.8 Å². The fourth-order valence-corrected chi connectivity index (χ4v) is 4.32. The van der Waals surface area contributed by atoms with Crippen LogP contribution in [0.1, 0.15) is 32.2 Å².